The first-order valence-electron chi connectivity index (χ1n) is 7.21. The van der Waals surface area contributed by atoms with Crippen LogP contribution in [0.3, 0.4) is 0 Å². The summed E-state index contributed by atoms with van der Waals surface area (Å²) < 4.78 is 25.1. The van der Waals surface area contributed by atoms with Gasteiger partial charge in [-0.15, -0.1) is 0 Å². The number of nitrogens with one attached hydrogen (secondary N) is 1. The number of hydrogen-bond acceptors (Lipinski definition) is 3. The Morgan fingerprint density at radius 1 is 1.04 bits per heavy atom. The molecule has 0 radical (unpaired) electrons. The molecule has 0 fully saturated rings. The number of hydrogen-bond donors (Lipinski definition) is 1. The van der Waals surface area contributed by atoms with Crippen molar-refractivity contribution >= 4 is 68.0 Å². The van der Waals surface area contributed by atoms with Gasteiger partial charge in [0.05, 0.1) is 38.6 Å². The van der Waals surface area contributed by atoms with Gasteiger partial charge in [-0.1, -0.05) is 58.5 Å². The second-order valence-corrected chi connectivity index (χ2v) is 9.01. The predicted octanol–water partition coefficient (Wildman–Crippen LogP) is 4.70. The zero-order valence-corrected chi connectivity index (χ0v) is 17.3. The van der Waals surface area contributed by atoms with Crippen LogP contribution in [0.5, 0.6) is 0 Å². The minimum atomic E-state index is -3.65. The highest BCUT2D eigenvalue weighted by Crippen LogP contribution is 2.29. The lowest BCUT2D eigenvalue weighted by Gasteiger charge is -2.20. The summed E-state index contributed by atoms with van der Waals surface area (Å²) in [4.78, 5) is 12.3. The van der Waals surface area contributed by atoms with Gasteiger partial charge in [-0.3, -0.25) is 4.79 Å². The standard InChI is InChI=1S/C16H14Cl4N2O3S/c1-26(24,25)22(8-10-5-6-11(17)13(19)7-10)9-15(23)21-14-4-2-3-12(18)16(14)20/h2-7H,8-9H2,1H3,(H,21,23). The van der Waals surface area contributed by atoms with E-state index < -0.39 is 22.5 Å². The molecule has 2 rings (SSSR count). The minimum Gasteiger partial charge on any atom is -0.324 e. The summed E-state index contributed by atoms with van der Waals surface area (Å²) in [5.74, 6) is -0.556. The number of amides is 1. The summed E-state index contributed by atoms with van der Waals surface area (Å²) in [6.07, 6.45) is 1.02. The second kappa shape index (κ2) is 8.78. The van der Waals surface area contributed by atoms with Gasteiger partial charge in [-0.05, 0) is 29.8 Å². The van der Waals surface area contributed by atoms with E-state index in [-0.39, 0.29) is 16.6 Å². The molecule has 2 aromatic carbocycles. The van der Waals surface area contributed by atoms with Crippen LogP contribution < -0.4 is 5.32 Å². The fourth-order valence-corrected chi connectivity index (χ4v) is 3.49. The molecule has 0 aromatic heterocycles. The molecule has 2 aromatic rings. The molecule has 0 saturated heterocycles. The van der Waals surface area contributed by atoms with Crippen LogP contribution in [0.15, 0.2) is 36.4 Å². The minimum absolute atomic E-state index is 0.0353. The lowest BCUT2D eigenvalue weighted by molar-refractivity contribution is -0.116. The van der Waals surface area contributed by atoms with Crippen LogP contribution >= 0.6 is 46.4 Å². The summed E-state index contributed by atoms with van der Waals surface area (Å²) in [6, 6.07) is 9.51. The molecule has 0 saturated carbocycles. The Balaban J connectivity index is 2.16. The summed E-state index contributed by atoms with van der Waals surface area (Å²) in [5, 5.41) is 3.66. The van der Waals surface area contributed by atoms with Gasteiger partial charge in [0, 0.05) is 6.54 Å². The first kappa shape index (κ1) is 21.3. The summed E-state index contributed by atoms with van der Waals surface area (Å²) in [5.41, 5.74) is 0.894. The van der Waals surface area contributed by atoms with E-state index in [4.69, 9.17) is 46.4 Å². The number of halogens is 4. The number of carbonyl (C=O) groups excluding carboxylic acids is 1. The van der Waals surface area contributed by atoms with Gasteiger partial charge in [0.1, 0.15) is 0 Å². The van der Waals surface area contributed by atoms with Gasteiger partial charge in [0.2, 0.25) is 15.9 Å². The van der Waals surface area contributed by atoms with E-state index in [0.29, 0.717) is 21.3 Å². The molecule has 26 heavy (non-hydrogen) atoms. The Bertz CT molecular complexity index is 935. The number of sulfonamides is 1. The van der Waals surface area contributed by atoms with E-state index in [1.165, 1.54) is 0 Å². The van der Waals surface area contributed by atoms with Crippen molar-refractivity contribution in [2.24, 2.45) is 0 Å². The average molecular weight is 456 g/mol. The Labute approximate surface area is 171 Å². The van der Waals surface area contributed by atoms with E-state index in [0.717, 1.165) is 10.6 Å². The lowest BCUT2D eigenvalue weighted by Crippen LogP contribution is -2.36. The molecule has 10 heteroatoms. The van der Waals surface area contributed by atoms with Crippen molar-refractivity contribution in [2.45, 2.75) is 6.54 Å². The van der Waals surface area contributed by atoms with Crippen molar-refractivity contribution in [2.75, 3.05) is 18.1 Å². The van der Waals surface area contributed by atoms with Crippen molar-refractivity contribution in [3.05, 3.63) is 62.1 Å². The van der Waals surface area contributed by atoms with Crippen LogP contribution in [0.25, 0.3) is 0 Å². The molecule has 0 aliphatic heterocycles. The van der Waals surface area contributed by atoms with E-state index in [1.807, 2.05) is 0 Å². The Morgan fingerprint density at radius 3 is 2.35 bits per heavy atom. The molecular weight excluding hydrogens is 442 g/mol. The molecule has 0 spiro atoms. The molecule has 0 bridgehead atoms. The second-order valence-electron chi connectivity index (χ2n) is 5.43. The van der Waals surface area contributed by atoms with Gasteiger partial charge in [0.25, 0.3) is 0 Å². The van der Waals surface area contributed by atoms with Crippen LogP contribution in [0.2, 0.25) is 20.1 Å². The van der Waals surface area contributed by atoms with Crippen molar-refractivity contribution < 1.29 is 13.2 Å². The van der Waals surface area contributed by atoms with E-state index >= 15 is 0 Å². The molecular formula is C16H14Cl4N2O3S. The fourth-order valence-electron chi connectivity index (χ4n) is 2.08. The van der Waals surface area contributed by atoms with Crippen molar-refractivity contribution in [3.63, 3.8) is 0 Å². The molecule has 1 amide bonds. The van der Waals surface area contributed by atoms with Crippen LogP contribution in [0.4, 0.5) is 5.69 Å². The molecule has 0 unspecified atom stereocenters. The average Bonchev–Trinajstić information content (AvgIpc) is 2.54. The number of carbonyl (C=O) groups is 1. The third-order valence-corrected chi connectivity index (χ3v) is 6.11. The maximum absolute atomic E-state index is 12.3. The quantitative estimate of drug-likeness (QED) is 0.686. The Morgan fingerprint density at radius 2 is 1.73 bits per heavy atom. The highest BCUT2D eigenvalue weighted by Gasteiger charge is 2.21. The lowest BCUT2D eigenvalue weighted by atomic mass is 10.2. The van der Waals surface area contributed by atoms with E-state index in [2.05, 4.69) is 5.32 Å². The van der Waals surface area contributed by atoms with Crippen LogP contribution in [-0.4, -0.2) is 31.4 Å². The summed E-state index contributed by atoms with van der Waals surface area (Å²) in [7, 11) is -3.65. The van der Waals surface area contributed by atoms with Gasteiger partial charge < -0.3 is 5.32 Å². The zero-order valence-electron chi connectivity index (χ0n) is 13.5. The van der Waals surface area contributed by atoms with Gasteiger partial charge >= 0.3 is 0 Å². The molecule has 5 nitrogen and oxygen atoms in total. The van der Waals surface area contributed by atoms with Crippen LogP contribution in [-0.2, 0) is 21.4 Å². The van der Waals surface area contributed by atoms with Crippen LogP contribution in [0.1, 0.15) is 5.56 Å². The first-order chi connectivity index (χ1) is 12.1. The fraction of sp³-hybridized carbons (Fsp3) is 0.188. The van der Waals surface area contributed by atoms with Crippen molar-refractivity contribution in [3.8, 4) is 0 Å². The van der Waals surface area contributed by atoms with E-state index in [1.54, 1.807) is 36.4 Å². The topological polar surface area (TPSA) is 66.5 Å². The first-order valence-corrected chi connectivity index (χ1v) is 10.6. The summed E-state index contributed by atoms with van der Waals surface area (Å²) in [6.45, 7) is -0.436. The highest BCUT2D eigenvalue weighted by molar-refractivity contribution is 7.88. The van der Waals surface area contributed by atoms with Crippen molar-refractivity contribution in [1.82, 2.24) is 4.31 Å². The smallest absolute Gasteiger partial charge is 0.239 e. The van der Waals surface area contributed by atoms with Gasteiger partial charge in [-0.25, -0.2) is 8.42 Å². The molecule has 0 heterocycles. The SMILES string of the molecule is CS(=O)(=O)N(CC(=O)Nc1cccc(Cl)c1Cl)Cc1ccc(Cl)c(Cl)c1. The molecule has 0 atom stereocenters. The Kier molecular flexibility index (Phi) is 7.19. The van der Waals surface area contributed by atoms with Gasteiger partial charge in [0.15, 0.2) is 0 Å². The third kappa shape index (κ3) is 5.74. The van der Waals surface area contributed by atoms with Gasteiger partial charge in [-0.2, -0.15) is 4.31 Å². The number of anilines is 1. The van der Waals surface area contributed by atoms with Crippen LogP contribution in [0, 0.1) is 0 Å². The molecule has 0 aliphatic carbocycles. The van der Waals surface area contributed by atoms with E-state index in [9.17, 15) is 13.2 Å². The Hall–Kier alpha value is -1.02. The highest BCUT2D eigenvalue weighted by atomic mass is 35.5. The third-order valence-electron chi connectivity index (χ3n) is 3.36. The molecule has 0 aliphatic rings. The number of nitrogens with zero attached hydrogens (tertiary/aromatic N) is 1. The summed E-state index contributed by atoms with van der Waals surface area (Å²) >= 11 is 23.7. The number of rotatable bonds is 6. The normalized spacial score (nSPS) is 11.6. The maximum Gasteiger partial charge on any atom is 0.239 e. The number of benzene rings is 2. The van der Waals surface area contributed by atoms with Crippen molar-refractivity contribution in [1.29, 1.82) is 0 Å². The predicted molar refractivity (Wildman–Crippen MR) is 107 cm³/mol. The molecule has 1 N–H and O–H groups in total. The molecule has 140 valence electrons. The zero-order chi connectivity index (χ0) is 19.5. The maximum atomic E-state index is 12.3. The largest absolute Gasteiger partial charge is 0.324 e. The monoisotopic (exact) mass is 454 g/mol.